The molecule has 0 saturated carbocycles. The molecule has 0 radical (unpaired) electrons. The summed E-state index contributed by atoms with van der Waals surface area (Å²) in [5, 5.41) is 10.5. The molecule has 6 heteroatoms. The number of carbonyl (C=O) groups is 1. The van der Waals surface area contributed by atoms with Gasteiger partial charge in [-0.25, -0.2) is 0 Å². The number of amides is 1. The minimum atomic E-state index is -0.218. The van der Waals surface area contributed by atoms with Crippen molar-refractivity contribution in [3.8, 4) is 17.2 Å². The van der Waals surface area contributed by atoms with Crippen LogP contribution in [0.1, 0.15) is 23.6 Å². The zero-order valence-corrected chi connectivity index (χ0v) is 15.1. The van der Waals surface area contributed by atoms with Gasteiger partial charge in [-0.05, 0) is 61.7 Å². The number of hydrogen-bond donors (Lipinski definition) is 1. The van der Waals surface area contributed by atoms with Gasteiger partial charge in [0.1, 0.15) is 5.75 Å². The second-order valence-corrected chi connectivity index (χ2v) is 6.01. The number of carbonyl (C=O) groups excluding carboxylic acids is 1. The van der Waals surface area contributed by atoms with Gasteiger partial charge >= 0.3 is 6.01 Å². The van der Waals surface area contributed by atoms with Crippen LogP contribution in [0.2, 0.25) is 0 Å². The molecule has 0 aliphatic rings. The molecule has 0 unspecified atom stereocenters. The van der Waals surface area contributed by atoms with E-state index in [1.807, 2.05) is 63.2 Å². The molecule has 0 fully saturated rings. The lowest BCUT2D eigenvalue weighted by atomic mass is 10.1. The Labute approximate surface area is 152 Å². The summed E-state index contributed by atoms with van der Waals surface area (Å²) in [6.45, 7) is 6.60. The molecule has 3 aromatic rings. The van der Waals surface area contributed by atoms with Crippen molar-refractivity contribution in [2.24, 2.45) is 0 Å². The summed E-state index contributed by atoms with van der Waals surface area (Å²) in [6.07, 6.45) is 0.216. The first-order valence-corrected chi connectivity index (χ1v) is 8.48. The van der Waals surface area contributed by atoms with Crippen molar-refractivity contribution in [1.82, 2.24) is 10.2 Å². The van der Waals surface area contributed by atoms with E-state index in [0.29, 0.717) is 12.5 Å². The van der Waals surface area contributed by atoms with E-state index in [1.54, 1.807) is 0 Å². The smallest absolute Gasteiger partial charge is 0.322 e. The van der Waals surface area contributed by atoms with E-state index in [0.717, 1.165) is 22.4 Å². The summed E-state index contributed by atoms with van der Waals surface area (Å²) in [5.41, 5.74) is 4.03. The second-order valence-electron chi connectivity index (χ2n) is 6.01. The first kappa shape index (κ1) is 17.7. The minimum Gasteiger partial charge on any atom is -0.494 e. The first-order valence-electron chi connectivity index (χ1n) is 8.48. The Balaban J connectivity index is 1.63. The zero-order valence-electron chi connectivity index (χ0n) is 15.1. The molecule has 1 aromatic heterocycles. The van der Waals surface area contributed by atoms with E-state index >= 15 is 0 Å². The van der Waals surface area contributed by atoms with Gasteiger partial charge in [-0.15, -0.1) is 5.10 Å². The second kappa shape index (κ2) is 7.82. The maximum atomic E-state index is 12.2. The third-order valence-electron chi connectivity index (χ3n) is 4.02. The number of ether oxygens (including phenoxy) is 1. The van der Waals surface area contributed by atoms with Crippen molar-refractivity contribution in [2.45, 2.75) is 27.2 Å². The Hall–Kier alpha value is -3.15. The SMILES string of the molecule is CCOc1ccc(CC(=O)Nc2nnc(-c3ccc(C)c(C)c3)o2)cc1. The van der Waals surface area contributed by atoms with E-state index in [4.69, 9.17) is 9.15 Å². The largest absolute Gasteiger partial charge is 0.494 e. The summed E-state index contributed by atoms with van der Waals surface area (Å²) in [5.74, 6) is 0.945. The number of nitrogens with one attached hydrogen (secondary N) is 1. The Morgan fingerprint density at radius 3 is 2.54 bits per heavy atom. The highest BCUT2D eigenvalue weighted by molar-refractivity contribution is 5.90. The molecule has 0 aliphatic carbocycles. The van der Waals surface area contributed by atoms with Gasteiger partial charge in [0.15, 0.2) is 0 Å². The van der Waals surface area contributed by atoms with E-state index in [9.17, 15) is 4.79 Å². The van der Waals surface area contributed by atoms with Gasteiger partial charge in [0.2, 0.25) is 11.8 Å². The summed E-state index contributed by atoms with van der Waals surface area (Å²) >= 11 is 0. The molecule has 2 aromatic carbocycles. The molecular formula is C20H21N3O3. The van der Waals surface area contributed by atoms with Crippen LogP contribution in [0.25, 0.3) is 11.5 Å². The monoisotopic (exact) mass is 351 g/mol. The minimum absolute atomic E-state index is 0.0918. The predicted octanol–water partition coefficient (Wildman–Crippen LogP) is 3.93. The molecular weight excluding hydrogens is 330 g/mol. The molecule has 134 valence electrons. The van der Waals surface area contributed by atoms with Crippen LogP contribution >= 0.6 is 0 Å². The van der Waals surface area contributed by atoms with Crippen LogP contribution in [0.15, 0.2) is 46.9 Å². The Morgan fingerprint density at radius 2 is 1.85 bits per heavy atom. The van der Waals surface area contributed by atoms with Gasteiger partial charge in [-0.1, -0.05) is 23.3 Å². The molecule has 1 amide bonds. The standard InChI is InChI=1S/C20H21N3O3/c1-4-25-17-9-6-15(7-10-17)12-18(24)21-20-23-22-19(26-20)16-8-5-13(2)14(3)11-16/h5-11H,4,12H2,1-3H3,(H,21,23,24). The lowest BCUT2D eigenvalue weighted by molar-refractivity contribution is -0.115. The van der Waals surface area contributed by atoms with Crippen LogP contribution in [0.3, 0.4) is 0 Å². The van der Waals surface area contributed by atoms with Crippen molar-refractivity contribution < 1.29 is 13.9 Å². The quantitative estimate of drug-likeness (QED) is 0.728. The third kappa shape index (κ3) is 4.27. The molecule has 0 atom stereocenters. The van der Waals surface area contributed by atoms with Crippen LogP contribution in [-0.4, -0.2) is 22.7 Å². The highest BCUT2D eigenvalue weighted by atomic mass is 16.5. The van der Waals surface area contributed by atoms with Gasteiger partial charge in [0.05, 0.1) is 13.0 Å². The Bertz CT molecular complexity index is 901. The average Bonchev–Trinajstić information content (AvgIpc) is 3.07. The van der Waals surface area contributed by atoms with Gasteiger partial charge in [-0.3, -0.25) is 10.1 Å². The summed E-state index contributed by atoms with van der Waals surface area (Å²) in [6, 6.07) is 13.4. The van der Waals surface area contributed by atoms with Gasteiger partial charge in [0.25, 0.3) is 0 Å². The molecule has 0 spiro atoms. The van der Waals surface area contributed by atoms with Crippen molar-refractivity contribution in [3.05, 3.63) is 59.2 Å². The zero-order chi connectivity index (χ0) is 18.5. The van der Waals surface area contributed by atoms with E-state index in [-0.39, 0.29) is 18.3 Å². The normalized spacial score (nSPS) is 10.6. The van der Waals surface area contributed by atoms with Crippen LogP contribution in [-0.2, 0) is 11.2 Å². The number of hydrogen-bond acceptors (Lipinski definition) is 5. The molecule has 3 rings (SSSR count). The maximum absolute atomic E-state index is 12.2. The third-order valence-corrected chi connectivity index (χ3v) is 4.02. The lowest BCUT2D eigenvalue weighted by Gasteiger charge is -2.04. The first-order chi connectivity index (χ1) is 12.5. The molecule has 0 aliphatic heterocycles. The highest BCUT2D eigenvalue weighted by Gasteiger charge is 2.12. The van der Waals surface area contributed by atoms with Crippen LogP contribution in [0.5, 0.6) is 5.75 Å². The molecule has 26 heavy (non-hydrogen) atoms. The topological polar surface area (TPSA) is 77.2 Å². The number of nitrogens with zero attached hydrogens (tertiary/aromatic N) is 2. The number of rotatable bonds is 6. The van der Waals surface area contributed by atoms with E-state index < -0.39 is 0 Å². The van der Waals surface area contributed by atoms with Crippen molar-refractivity contribution in [2.75, 3.05) is 11.9 Å². The van der Waals surface area contributed by atoms with Crippen LogP contribution in [0, 0.1) is 13.8 Å². The van der Waals surface area contributed by atoms with Crippen molar-refractivity contribution in [1.29, 1.82) is 0 Å². The van der Waals surface area contributed by atoms with E-state index in [2.05, 4.69) is 15.5 Å². The highest BCUT2D eigenvalue weighted by Crippen LogP contribution is 2.22. The van der Waals surface area contributed by atoms with Crippen LogP contribution in [0.4, 0.5) is 6.01 Å². The molecule has 6 nitrogen and oxygen atoms in total. The fourth-order valence-electron chi connectivity index (χ4n) is 2.48. The summed E-state index contributed by atoms with van der Waals surface area (Å²) in [7, 11) is 0. The Morgan fingerprint density at radius 1 is 1.08 bits per heavy atom. The van der Waals surface area contributed by atoms with Gasteiger partial charge in [-0.2, -0.15) is 0 Å². The van der Waals surface area contributed by atoms with E-state index in [1.165, 1.54) is 5.56 Å². The lowest BCUT2D eigenvalue weighted by Crippen LogP contribution is -2.14. The van der Waals surface area contributed by atoms with Gasteiger partial charge < -0.3 is 9.15 Å². The fourth-order valence-corrected chi connectivity index (χ4v) is 2.48. The molecule has 1 N–H and O–H groups in total. The van der Waals surface area contributed by atoms with Crippen molar-refractivity contribution >= 4 is 11.9 Å². The number of aryl methyl sites for hydroxylation is 2. The van der Waals surface area contributed by atoms with Gasteiger partial charge in [0, 0.05) is 5.56 Å². The number of anilines is 1. The summed E-state index contributed by atoms with van der Waals surface area (Å²) < 4.78 is 10.9. The van der Waals surface area contributed by atoms with Crippen LogP contribution < -0.4 is 10.1 Å². The summed E-state index contributed by atoms with van der Waals surface area (Å²) in [4.78, 5) is 12.2. The van der Waals surface area contributed by atoms with Crippen molar-refractivity contribution in [3.63, 3.8) is 0 Å². The number of aromatic nitrogens is 2. The number of benzene rings is 2. The Kier molecular flexibility index (Phi) is 5.31. The fraction of sp³-hybridized carbons (Fsp3) is 0.250. The molecule has 0 bridgehead atoms. The predicted molar refractivity (Wildman–Crippen MR) is 99.2 cm³/mol. The maximum Gasteiger partial charge on any atom is 0.322 e. The average molecular weight is 351 g/mol. The molecule has 0 saturated heterocycles. The molecule has 1 heterocycles.